The van der Waals surface area contributed by atoms with E-state index >= 15 is 0 Å². The van der Waals surface area contributed by atoms with E-state index in [0.717, 1.165) is 23.0 Å². The Labute approximate surface area is 124 Å². The lowest BCUT2D eigenvalue weighted by molar-refractivity contribution is -0.121. The maximum atomic E-state index is 11.8. The average Bonchev–Trinajstić information content (AvgIpc) is 2.35. The molecule has 0 aromatic heterocycles. The van der Waals surface area contributed by atoms with Gasteiger partial charge in [0.1, 0.15) is 0 Å². The topological polar surface area (TPSA) is 41.1 Å². The van der Waals surface area contributed by atoms with Crippen molar-refractivity contribution in [3.8, 4) is 0 Å². The smallest absolute Gasteiger partial charge is 0.220 e. The Balaban J connectivity index is 2.34. The van der Waals surface area contributed by atoms with E-state index in [1.807, 2.05) is 31.2 Å². The molecule has 0 aliphatic heterocycles. The van der Waals surface area contributed by atoms with Crippen LogP contribution in [0.4, 0.5) is 0 Å². The van der Waals surface area contributed by atoms with Crippen LogP contribution in [0.5, 0.6) is 0 Å². The standard InChI is InChI=1S/C15H23BrN2O/c1-11(2)17-10-6-9-15(19)18-12(3)13-7-4-5-8-14(13)16/h4-5,7-8,11-12,17H,6,9-10H2,1-3H3,(H,18,19)/t12-/m0/s1. The van der Waals surface area contributed by atoms with Gasteiger partial charge in [-0.1, -0.05) is 48.0 Å². The molecule has 4 heteroatoms. The molecule has 0 radical (unpaired) electrons. The summed E-state index contributed by atoms with van der Waals surface area (Å²) in [6.45, 7) is 7.10. The van der Waals surface area contributed by atoms with Gasteiger partial charge in [-0.25, -0.2) is 0 Å². The molecule has 3 nitrogen and oxygen atoms in total. The number of benzene rings is 1. The van der Waals surface area contributed by atoms with E-state index in [2.05, 4.69) is 40.4 Å². The van der Waals surface area contributed by atoms with Crippen molar-refractivity contribution in [2.75, 3.05) is 6.54 Å². The van der Waals surface area contributed by atoms with Crippen LogP contribution in [0.25, 0.3) is 0 Å². The molecule has 0 aliphatic rings. The molecule has 0 saturated carbocycles. The molecule has 0 spiro atoms. The van der Waals surface area contributed by atoms with Gasteiger partial charge in [0.05, 0.1) is 6.04 Å². The largest absolute Gasteiger partial charge is 0.350 e. The van der Waals surface area contributed by atoms with Gasteiger partial charge in [0.2, 0.25) is 5.91 Å². The number of halogens is 1. The zero-order valence-corrected chi connectivity index (χ0v) is 13.5. The van der Waals surface area contributed by atoms with Crippen molar-refractivity contribution >= 4 is 21.8 Å². The summed E-state index contributed by atoms with van der Waals surface area (Å²) in [5.74, 6) is 0.105. The Morgan fingerprint density at radius 3 is 2.58 bits per heavy atom. The molecule has 0 heterocycles. The van der Waals surface area contributed by atoms with Crippen molar-refractivity contribution < 1.29 is 4.79 Å². The van der Waals surface area contributed by atoms with E-state index in [0.29, 0.717) is 12.5 Å². The Bertz CT molecular complexity index is 407. The molecule has 106 valence electrons. The Morgan fingerprint density at radius 2 is 1.95 bits per heavy atom. The fraction of sp³-hybridized carbons (Fsp3) is 0.533. The molecule has 1 aromatic carbocycles. The molecule has 0 bridgehead atoms. The van der Waals surface area contributed by atoms with Crippen molar-refractivity contribution in [3.05, 3.63) is 34.3 Å². The molecule has 1 rings (SSSR count). The molecule has 1 amide bonds. The molecule has 1 atom stereocenters. The summed E-state index contributed by atoms with van der Waals surface area (Å²) in [4.78, 5) is 11.8. The first-order valence-corrected chi connectivity index (χ1v) is 7.57. The van der Waals surface area contributed by atoms with Crippen LogP contribution >= 0.6 is 15.9 Å². The van der Waals surface area contributed by atoms with E-state index in [4.69, 9.17) is 0 Å². The summed E-state index contributed by atoms with van der Waals surface area (Å²) in [6.07, 6.45) is 1.43. The highest BCUT2D eigenvalue weighted by molar-refractivity contribution is 9.10. The number of carbonyl (C=O) groups excluding carboxylic acids is 1. The van der Waals surface area contributed by atoms with Crippen molar-refractivity contribution in [2.24, 2.45) is 0 Å². The van der Waals surface area contributed by atoms with Crippen LogP contribution < -0.4 is 10.6 Å². The number of amides is 1. The summed E-state index contributed by atoms with van der Waals surface area (Å²) in [5.41, 5.74) is 1.11. The van der Waals surface area contributed by atoms with Gasteiger partial charge in [-0.15, -0.1) is 0 Å². The monoisotopic (exact) mass is 326 g/mol. The van der Waals surface area contributed by atoms with Crippen LogP contribution in [0.1, 0.15) is 45.2 Å². The van der Waals surface area contributed by atoms with Crippen LogP contribution in [0.2, 0.25) is 0 Å². The van der Waals surface area contributed by atoms with Gasteiger partial charge in [0, 0.05) is 16.9 Å². The number of nitrogens with one attached hydrogen (secondary N) is 2. The molecule has 0 saturated heterocycles. The average molecular weight is 327 g/mol. The van der Waals surface area contributed by atoms with E-state index in [9.17, 15) is 4.79 Å². The van der Waals surface area contributed by atoms with Gasteiger partial charge in [-0.3, -0.25) is 4.79 Å². The third kappa shape index (κ3) is 6.21. The van der Waals surface area contributed by atoms with Crippen LogP contribution in [0, 0.1) is 0 Å². The second kappa shape index (κ2) is 8.33. The van der Waals surface area contributed by atoms with Crippen molar-refractivity contribution in [2.45, 2.75) is 45.7 Å². The highest BCUT2D eigenvalue weighted by atomic mass is 79.9. The second-order valence-electron chi connectivity index (χ2n) is 5.02. The maximum Gasteiger partial charge on any atom is 0.220 e. The zero-order chi connectivity index (χ0) is 14.3. The Morgan fingerprint density at radius 1 is 1.26 bits per heavy atom. The highest BCUT2D eigenvalue weighted by Gasteiger charge is 2.11. The van der Waals surface area contributed by atoms with Crippen LogP contribution in [-0.4, -0.2) is 18.5 Å². The lowest BCUT2D eigenvalue weighted by Gasteiger charge is -2.16. The SMILES string of the molecule is CC(C)NCCCC(=O)N[C@@H](C)c1ccccc1Br. The molecule has 0 unspecified atom stereocenters. The van der Waals surface area contributed by atoms with Gasteiger partial charge in [-0.2, -0.15) is 0 Å². The predicted octanol–water partition coefficient (Wildman–Crippen LogP) is 3.40. The summed E-state index contributed by atoms with van der Waals surface area (Å²) in [7, 11) is 0. The normalized spacial score (nSPS) is 12.5. The quantitative estimate of drug-likeness (QED) is 0.754. The fourth-order valence-electron chi connectivity index (χ4n) is 1.86. The van der Waals surface area contributed by atoms with E-state index in [1.54, 1.807) is 0 Å². The minimum Gasteiger partial charge on any atom is -0.350 e. The molecular weight excluding hydrogens is 304 g/mol. The van der Waals surface area contributed by atoms with Crippen molar-refractivity contribution in [1.29, 1.82) is 0 Å². The molecule has 1 aromatic rings. The van der Waals surface area contributed by atoms with Gasteiger partial charge < -0.3 is 10.6 Å². The first-order valence-electron chi connectivity index (χ1n) is 6.78. The Hall–Kier alpha value is -0.870. The number of carbonyl (C=O) groups is 1. The number of hydrogen-bond donors (Lipinski definition) is 2. The van der Waals surface area contributed by atoms with Gasteiger partial charge in [0.25, 0.3) is 0 Å². The summed E-state index contributed by atoms with van der Waals surface area (Å²) >= 11 is 3.51. The molecule has 0 fully saturated rings. The van der Waals surface area contributed by atoms with Crippen LogP contribution in [-0.2, 0) is 4.79 Å². The summed E-state index contributed by atoms with van der Waals surface area (Å²) in [6, 6.07) is 8.47. The fourth-order valence-corrected chi connectivity index (χ4v) is 2.49. The minimum atomic E-state index is 0.0288. The van der Waals surface area contributed by atoms with Crippen LogP contribution in [0.15, 0.2) is 28.7 Å². The molecular formula is C15H23BrN2O. The molecule has 19 heavy (non-hydrogen) atoms. The lowest BCUT2D eigenvalue weighted by atomic mass is 10.1. The summed E-state index contributed by atoms with van der Waals surface area (Å²) < 4.78 is 1.03. The minimum absolute atomic E-state index is 0.0288. The van der Waals surface area contributed by atoms with E-state index in [-0.39, 0.29) is 11.9 Å². The number of hydrogen-bond acceptors (Lipinski definition) is 2. The van der Waals surface area contributed by atoms with E-state index in [1.165, 1.54) is 0 Å². The molecule has 0 aliphatic carbocycles. The number of rotatable bonds is 7. The first kappa shape index (κ1) is 16.2. The zero-order valence-electron chi connectivity index (χ0n) is 11.9. The molecule has 2 N–H and O–H groups in total. The van der Waals surface area contributed by atoms with Crippen molar-refractivity contribution in [1.82, 2.24) is 10.6 Å². The first-order chi connectivity index (χ1) is 9.00. The van der Waals surface area contributed by atoms with E-state index < -0.39 is 0 Å². The van der Waals surface area contributed by atoms with Gasteiger partial charge in [0.15, 0.2) is 0 Å². The van der Waals surface area contributed by atoms with Crippen LogP contribution in [0.3, 0.4) is 0 Å². The lowest BCUT2D eigenvalue weighted by Crippen LogP contribution is -2.29. The maximum absolute atomic E-state index is 11.8. The summed E-state index contributed by atoms with van der Waals surface area (Å²) in [5, 5.41) is 6.34. The highest BCUT2D eigenvalue weighted by Crippen LogP contribution is 2.22. The van der Waals surface area contributed by atoms with Crippen molar-refractivity contribution in [3.63, 3.8) is 0 Å². The third-order valence-corrected chi connectivity index (χ3v) is 3.60. The Kier molecular flexibility index (Phi) is 7.10. The third-order valence-electron chi connectivity index (χ3n) is 2.88. The van der Waals surface area contributed by atoms with Gasteiger partial charge >= 0.3 is 0 Å². The second-order valence-corrected chi connectivity index (χ2v) is 5.88. The van der Waals surface area contributed by atoms with Gasteiger partial charge in [-0.05, 0) is 31.5 Å². The predicted molar refractivity (Wildman–Crippen MR) is 83.1 cm³/mol.